The molecule has 3 aromatic heterocycles. The Balaban J connectivity index is 1.28. The molecule has 5 rings (SSSR count). The number of thiophene rings is 1. The van der Waals surface area contributed by atoms with Crippen LogP contribution in [0.3, 0.4) is 0 Å². The zero-order valence-corrected chi connectivity index (χ0v) is 20.7. The molecule has 0 bridgehead atoms. The van der Waals surface area contributed by atoms with Gasteiger partial charge >= 0.3 is 6.18 Å². The van der Waals surface area contributed by atoms with E-state index in [0.29, 0.717) is 38.3 Å². The second kappa shape index (κ2) is 9.47. The molecule has 0 aliphatic carbocycles. The van der Waals surface area contributed by atoms with Gasteiger partial charge < -0.3 is 31.4 Å². The average molecular weight is 534 g/mol. The number of hydrogen-bond acceptors (Lipinski definition) is 8. The number of rotatable bonds is 6. The number of piperidine rings is 1. The Morgan fingerprint density at radius 1 is 1.27 bits per heavy atom. The van der Waals surface area contributed by atoms with E-state index in [1.807, 2.05) is 35.9 Å². The van der Waals surface area contributed by atoms with Gasteiger partial charge in [0.05, 0.1) is 22.3 Å². The zero-order chi connectivity index (χ0) is 26.5. The Morgan fingerprint density at radius 2 is 1.97 bits per heavy atom. The standard InChI is InChI=1S/C24H26F3N7O2S/c1-33-15-5-3-2-4-14(15)31-22(33)16(35)11-30-12-6-8-34(9-7-12)17-10-13(24(25,26)27)18-19(28)20(21(29)36)37-23(18)32-17/h2-5,10,12,16,30,35H,6-9,11,28H2,1H3,(H2,29,36). The number of benzene rings is 1. The van der Waals surface area contributed by atoms with Crippen molar-refractivity contribution in [1.82, 2.24) is 19.9 Å². The third-order valence-corrected chi connectivity index (χ3v) is 7.87. The fourth-order valence-electron chi connectivity index (χ4n) is 4.82. The summed E-state index contributed by atoms with van der Waals surface area (Å²) in [6.07, 6.45) is -4.19. The van der Waals surface area contributed by atoms with E-state index in [9.17, 15) is 23.1 Å². The maximum atomic E-state index is 13.9. The van der Waals surface area contributed by atoms with Gasteiger partial charge in [0.1, 0.15) is 27.5 Å². The third-order valence-electron chi connectivity index (χ3n) is 6.75. The van der Waals surface area contributed by atoms with Gasteiger partial charge in [-0.1, -0.05) is 12.1 Å². The lowest BCUT2D eigenvalue weighted by Crippen LogP contribution is -2.44. The van der Waals surface area contributed by atoms with Crippen molar-refractivity contribution in [2.45, 2.75) is 31.2 Å². The molecule has 1 amide bonds. The summed E-state index contributed by atoms with van der Waals surface area (Å²) in [7, 11) is 1.86. The summed E-state index contributed by atoms with van der Waals surface area (Å²) in [5.74, 6) is -0.146. The Bertz CT molecular complexity index is 1470. The van der Waals surface area contributed by atoms with Gasteiger partial charge in [-0.25, -0.2) is 9.97 Å². The van der Waals surface area contributed by atoms with Crippen molar-refractivity contribution >= 4 is 50.0 Å². The first-order chi connectivity index (χ1) is 17.5. The molecule has 4 heterocycles. The first-order valence-corrected chi connectivity index (χ1v) is 12.5. The number of para-hydroxylation sites is 2. The second-order valence-electron chi connectivity index (χ2n) is 9.12. The van der Waals surface area contributed by atoms with E-state index in [4.69, 9.17) is 11.5 Å². The van der Waals surface area contributed by atoms with Gasteiger partial charge in [-0.3, -0.25) is 4.79 Å². The summed E-state index contributed by atoms with van der Waals surface area (Å²) >= 11 is 0.767. The number of carbonyl (C=O) groups is 1. The number of aliphatic hydroxyl groups is 1. The molecule has 1 aliphatic rings. The van der Waals surface area contributed by atoms with Crippen LogP contribution in [0, 0.1) is 0 Å². The van der Waals surface area contributed by atoms with Crippen molar-refractivity contribution < 1.29 is 23.1 Å². The largest absolute Gasteiger partial charge is 0.417 e. The molecule has 1 atom stereocenters. The smallest absolute Gasteiger partial charge is 0.397 e. The number of fused-ring (bicyclic) bond motifs is 2. The number of amides is 1. The van der Waals surface area contributed by atoms with E-state index in [1.54, 1.807) is 4.90 Å². The number of primary amides is 1. The molecule has 0 radical (unpaired) electrons. The number of aryl methyl sites for hydroxylation is 1. The number of halogens is 3. The molecule has 4 aromatic rings. The van der Waals surface area contributed by atoms with Crippen molar-refractivity contribution in [3.05, 3.63) is 46.6 Å². The maximum Gasteiger partial charge on any atom is 0.417 e. The van der Waals surface area contributed by atoms with Crippen LogP contribution in [0.1, 0.15) is 40.0 Å². The molecule has 1 fully saturated rings. The van der Waals surface area contributed by atoms with Gasteiger partial charge in [0, 0.05) is 38.1 Å². The monoisotopic (exact) mass is 533 g/mol. The molecule has 1 aromatic carbocycles. The number of nitrogens with one attached hydrogen (secondary N) is 1. The Kier molecular flexibility index (Phi) is 6.46. The SMILES string of the molecule is Cn1c(C(O)CNC2CCN(c3cc(C(F)(F)F)c4c(N)c(C(N)=O)sc4n3)CC2)nc2ccccc21. The van der Waals surface area contributed by atoms with Crippen LogP contribution in [-0.4, -0.2) is 51.2 Å². The van der Waals surface area contributed by atoms with Crippen molar-refractivity contribution in [1.29, 1.82) is 0 Å². The minimum absolute atomic E-state index is 0.0296. The topological polar surface area (TPSA) is 135 Å². The number of nitrogens with two attached hydrogens (primary N) is 2. The number of nitrogens with zero attached hydrogens (tertiary/aromatic N) is 4. The summed E-state index contributed by atoms with van der Waals surface area (Å²) in [5, 5.41) is 13.8. The third kappa shape index (κ3) is 4.69. The highest BCUT2D eigenvalue weighted by Crippen LogP contribution is 2.43. The lowest BCUT2D eigenvalue weighted by molar-refractivity contribution is -0.136. The van der Waals surface area contributed by atoms with Crippen LogP contribution in [0.4, 0.5) is 24.7 Å². The minimum Gasteiger partial charge on any atom is -0.397 e. The van der Waals surface area contributed by atoms with Gasteiger partial charge in [0.25, 0.3) is 5.91 Å². The summed E-state index contributed by atoms with van der Waals surface area (Å²) in [6, 6.07) is 8.71. The molecule has 1 unspecified atom stereocenters. The summed E-state index contributed by atoms with van der Waals surface area (Å²) in [6.45, 7) is 1.24. The maximum absolute atomic E-state index is 13.9. The molecular formula is C24H26F3N7O2S. The average Bonchev–Trinajstić information content (AvgIpc) is 3.39. The normalized spacial score (nSPS) is 16.1. The van der Waals surface area contributed by atoms with Crippen molar-refractivity contribution in [3.8, 4) is 0 Å². The molecule has 196 valence electrons. The number of nitrogen functional groups attached to an aromatic ring is 1. The highest BCUT2D eigenvalue weighted by molar-refractivity contribution is 7.21. The number of imidazole rings is 1. The van der Waals surface area contributed by atoms with Gasteiger partial charge in [-0.15, -0.1) is 11.3 Å². The highest BCUT2D eigenvalue weighted by atomic mass is 32.1. The predicted octanol–water partition coefficient (Wildman–Crippen LogP) is 3.17. The van der Waals surface area contributed by atoms with E-state index in [1.165, 1.54) is 0 Å². The molecule has 1 saturated heterocycles. The predicted molar refractivity (Wildman–Crippen MR) is 136 cm³/mol. The van der Waals surface area contributed by atoms with Crippen molar-refractivity contribution in [2.24, 2.45) is 12.8 Å². The van der Waals surface area contributed by atoms with E-state index < -0.39 is 23.8 Å². The first-order valence-electron chi connectivity index (χ1n) is 11.7. The van der Waals surface area contributed by atoms with Crippen molar-refractivity contribution in [2.75, 3.05) is 30.3 Å². The molecular weight excluding hydrogens is 507 g/mol. The van der Waals surface area contributed by atoms with Crippen LogP contribution < -0.4 is 21.7 Å². The fourth-order valence-corrected chi connectivity index (χ4v) is 5.79. The summed E-state index contributed by atoms with van der Waals surface area (Å²) in [5.41, 5.74) is 11.6. The summed E-state index contributed by atoms with van der Waals surface area (Å²) in [4.78, 5) is 22.2. The van der Waals surface area contributed by atoms with Gasteiger partial charge in [0.15, 0.2) is 0 Å². The highest BCUT2D eigenvalue weighted by Gasteiger charge is 2.37. The molecule has 0 saturated carbocycles. The van der Waals surface area contributed by atoms with Gasteiger partial charge in [0.2, 0.25) is 0 Å². The van der Waals surface area contributed by atoms with E-state index >= 15 is 0 Å². The van der Waals surface area contributed by atoms with Gasteiger partial charge in [-0.05, 0) is 31.0 Å². The molecule has 9 nitrogen and oxygen atoms in total. The van der Waals surface area contributed by atoms with Gasteiger partial charge in [-0.2, -0.15) is 13.2 Å². The van der Waals surface area contributed by atoms with Crippen LogP contribution >= 0.6 is 11.3 Å². The lowest BCUT2D eigenvalue weighted by Gasteiger charge is -2.34. The second-order valence-corrected chi connectivity index (χ2v) is 10.1. The first kappa shape index (κ1) is 25.2. The lowest BCUT2D eigenvalue weighted by atomic mass is 10.0. The number of alkyl halides is 3. The number of pyridine rings is 1. The Labute approximate surface area is 213 Å². The summed E-state index contributed by atoms with van der Waals surface area (Å²) < 4.78 is 43.5. The molecule has 37 heavy (non-hydrogen) atoms. The zero-order valence-electron chi connectivity index (χ0n) is 19.9. The van der Waals surface area contributed by atoms with Crippen LogP contribution in [-0.2, 0) is 13.2 Å². The number of anilines is 2. The van der Waals surface area contributed by atoms with Crippen LogP contribution in [0.25, 0.3) is 21.3 Å². The quantitative estimate of drug-likeness (QED) is 0.299. The van der Waals surface area contributed by atoms with Crippen LogP contribution in [0.5, 0.6) is 0 Å². The Morgan fingerprint density at radius 3 is 2.62 bits per heavy atom. The van der Waals surface area contributed by atoms with E-state index in [0.717, 1.165) is 28.4 Å². The number of aromatic nitrogens is 3. The van der Waals surface area contributed by atoms with Crippen LogP contribution in [0.2, 0.25) is 0 Å². The van der Waals surface area contributed by atoms with Crippen molar-refractivity contribution in [3.63, 3.8) is 0 Å². The number of carbonyl (C=O) groups excluding carboxylic acids is 1. The fraction of sp³-hybridized carbons (Fsp3) is 0.375. The van der Waals surface area contributed by atoms with E-state index in [2.05, 4.69) is 15.3 Å². The molecule has 0 spiro atoms. The number of hydrogen-bond donors (Lipinski definition) is 4. The minimum atomic E-state index is -4.67. The molecule has 1 aliphatic heterocycles. The molecule has 13 heteroatoms. The molecule has 6 N–H and O–H groups in total. The van der Waals surface area contributed by atoms with Crippen LogP contribution in [0.15, 0.2) is 30.3 Å². The number of aliphatic hydroxyl groups excluding tert-OH is 1. The van der Waals surface area contributed by atoms with E-state index in [-0.39, 0.29) is 32.6 Å². The Hall–Kier alpha value is -3.42.